The Morgan fingerprint density at radius 2 is 2.10 bits per heavy atom. The minimum Gasteiger partial charge on any atom is -0.478 e. The standard InChI is InChI=1S/C12H10N4O5/c17-9-2-4-16(12(21)15-9)6-10(18)14-8-5-7(11(19)20)1-3-13-8/h1-5H,6H2,(H,19,20)(H,13,14,18)(H,15,17,21). The summed E-state index contributed by atoms with van der Waals surface area (Å²) in [6.45, 7) is -0.339. The highest BCUT2D eigenvalue weighted by molar-refractivity contribution is 5.92. The summed E-state index contributed by atoms with van der Waals surface area (Å²) in [6.07, 6.45) is 2.42. The van der Waals surface area contributed by atoms with Crippen molar-refractivity contribution in [3.05, 3.63) is 57.0 Å². The lowest BCUT2D eigenvalue weighted by molar-refractivity contribution is -0.116. The first kappa shape index (κ1) is 14.2. The highest BCUT2D eigenvalue weighted by atomic mass is 16.4. The van der Waals surface area contributed by atoms with Crippen LogP contribution in [0.25, 0.3) is 0 Å². The van der Waals surface area contributed by atoms with Gasteiger partial charge in [0.05, 0.1) is 5.56 Å². The largest absolute Gasteiger partial charge is 0.478 e. The van der Waals surface area contributed by atoms with Crippen LogP contribution in [-0.4, -0.2) is 31.5 Å². The maximum Gasteiger partial charge on any atom is 0.335 e. The third kappa shape index (κ3) is 3.62. The topological polar surface area (TPSA) is 134 Å². The number of nitrogens with one attached hydrogen (secondary N) is 2. The van der Waals surface area contributed by atoms with Gasteiger partial charge >= 0.3 is 11.7 Å². The van der Waals surface area contributed by atoms with Gasteiger partial charge in [0.1, 0.15) is 12.4 Å². The molecular formula is C12H10N4O5. The van der Waals surface area contributed by atoms with Crippen molar-refractivity contribution in [3.8, 4) is 0 Å². The van der Waals surface area contributed by atoms with Crippen molar-refractivity contribution >= 4 is 17.7 Å². The molecule has 0 aliphatic heterocycles. The first-order valence-electron chi connectivity index (χ1n) is 5.74. The lowest BCUT2D eigenvalue weighted by atomic mass is 10.2. The van der Waals surface area contributed by atoms with Crippen molar-refractivity contribution in [3.63, 3.8) is 0 Å². The van der Waals surface area contributed by atoms with Gasteiger partial charge in [-0.25, -0.2) is 14.6 Å². The number of hydrogen-bond donors (Lipinski definition) is 3. The number of carboxylic acids is 1. The van der Waals surface area contributed by atoms with Crippen molar-refractivity contribution in [2.45, 2.75) is 6.54 Å². The number of anilines is 1. The van der Waals surface area contributed by atoms with E-state index in [1.165, 1.54) is 24.5 Å². The number of amides is 1. The van der Waals surface area contributed by atoms with E-state index < -0.39 is 23.1 Å². The van der Waals surface area contributed by atoms with Gasteiger partial charge in [-0.2, -0.15) is 0 Å². The number of aromatic amines is 1. The van der Waals surface area contributed by atoms with Crippen LogP contribution in [0.15, 0.2) is 40.2 Å². The molecule has 0 aliphatic carbocycles. The summed E-state index contributed by atoms with van der Waals surface area (Å²) in [4.78, 5) is 50.6. The quantitative estimate of drug-likeness (QED) is 0.679. The Morgan fingerprint density at radius 1 is 1.33 bits per heavy atom. The fraction of sp³-hybridized carbons (Fsp3) is 0.0833. The molecule has 21 heavy (non-hydrogen) atoms. The van der Waals surface area contributed by atoms with E-state index in [1.807, 2.05) is 4.98 Å². The van der Waals surface area contributed by atoms with Gasteiger partial charge in [-0.1, -0.05) is 0 Å². The minimum absolute atomic E-state index is 0.0264. The number of nitrogens with zero attached hydrogens (tertiary/aromatic N) is 2. The Morgan fingerprint density at radius 3 is 2.76 bits per heavy atom. The Labute approximate surface area is 116 Å². The van der Waals surface area contributed by atoms with Gasteiger partial charge in [-0.3, -0.25) is 19.1 Å². The number of aromatic nitrogens is 3. The predicted octanol–water partition coefficient (Wildman–Crippen LogP) is -0.731. The van der Waals surface area contributed by atoms with Crippen LogP contribution in [-0.2, 0) is 11.3 Å². The van der Waals surface area contributed by atoms with Gasteiger partial charge < -0.3 is 10.4 Å². The fourth-order valence-corrected chi connectivity index (χ4v) is 1.54. The Balaban J connectivity index is 2.11. The predicted molar refractivity (Wildman–Crippen MR) is 71.1 cm³/mol. The molecule has 1 amide bonds. The summed E-state index contributed by atoms with van der Waals surface area (Å²) in [6, 6.07) is 3.58. The summed E-state index contributed by atoms with van der Waals surface area (Å²) in [7, 11) is 0. The Kier molecular flexibility index (Phi) is 3.93. The monoisotopic (exact) mass is 290 g/mol. The molecule has 0 aromatic carbocycles. The van der Waals surface area contributed by atoms with Crippen LogP contribution in [0.2, 0.25) is 0 Å². The second kappa shape index (κ2) is 5.82. The number of pyridine rings is 1. The highest BCUT2D eigenvalue weighted by Crippen LogP contribution is 2.06. The van der Waals surface area contributed by atoms with Crippen LogP contribution in [0.3, 0.4) is 0 Å². The zero-order chi connectivity index (χ0) is 15.4. The molecule has 9 heteroatoms. The number of carboxylic acid groups (broad SMARTS) is 1. The molecule has 0 unspecified atom stereocenters. The normalized spacial score (nSPS) is 10.1. The summed E-state index contributed by atoms with van der Waals surface area (Å²) in [5.41, 5.74) is -1.31. The fourth-order valence-electron chi connectivity index (χ4n) is 1.54. The van der Waals surface area contributed by atoms with E-state index in [0.29, 0.717) is 0 Å². The summed E-state index contributed by atoms with van der Waals surface area (Å²) in [5.74, 6) is -1.68. The number of carbonyl (C=O) groups excluding carboxylic acids is 1. The summed E-state index contributed by atoms with van der Waals surface area (Å²) in [5, 5.41) is 11.2. The van der Waals surface area contributed by atoms with Gasteiger partial charge in [-0.15, -0.1) is 0 Å². The van der Waals surface area contributed by atoms with Crippen LogP contribution in [0, 0.1) is 0 Å². The maximum atomic E-state index is 11.7. The van der Waals surface area contributed by atoms with Crippen molar-refractivity contribution < 1.29 is 14.7 Å². The van der Waals surface area contributed by atoms with Gasteiger partial charge in [0.25, 0.3) is 5.56 Å². The number of H-pyrrole nitrogens is 1. The van der Waals surface area contributed by atoms with Crippen LogP contribution in [0.5, 0.6) is 0 Å². The van der Waals surface area contributed by atoms with Crippen molar-refractivity contribution in [2.24, 2.45) is 0 Å². The summed E-state index contributed by atoms with van der Waals surface area (Å²) >= 11 is 0. The third-order valence-corrected chi connectivity index (χ3v) is 2.49. The number of rotatable bonds is 4. The van der Waals surface area contributed by atoms with E-state index >= 15 is 0 Å². The average molecular weight is 290 g/mol. The number of hydrogen-bond acceptors (Lipinski definition) is 5. The number of carbonyl (C=O) groups is 2. The van der Waals surface area contributed by atoms with Gasteiger partial charge in [0.2, 0.25) is 5.91 Å². The molecule has 0 spiro atoms. The van der Waals surface area contributed by atoms with E-state index in [2.05, 4.69) is 10.3 Å². The first-order chi connectivity index (χ1) is 9.95. The molecule has 3 N–H and O–H groups in total. The SMILES string of the molecule is O=C(Cn1ccc(=O)[nH]c1=O)Nc1cc(C(=O)O)ccn1. The van der Waals surface area contributed by atoms with Crippen LogP contribution in [0.1, 0.15) is 10.4 Å². The Hall–Kier alpha value is -3.23. The maximum absolute atomic E-state index is 11.7. The van der Waals surface area contributed by atoms with Crippen LogP contribution < -0.4 is 16.6 Å². The van der Waals surface area contributed by atoms with Gasteiger partial charge in [-0.05, 0) is 12.1 Å². The molecule has 0 bridgehead atoms. The molecular weight excluding hydrogens is 280 g/mol. The van der Waals surface area contributed by atoms with Crippen molar-refractivity contribution in [2.75, 3.05) is 5.32 Å². The molecule has 0 aliphatic rings. The molecule has 9 nitrogen and oxygen atoms in total. The minimum atomic E-state index is -1.15. The van der Waals surface area contributed by atoms with E-state index in [4.69, 9.17) is 5.11 Å². The molecule has 0 atom stereocenters. The highest BCUT2D eigenvalue weighted by Gasteiger charge is 2.08. The van der Waals surface area contributed by atoms with E-state index in [1.54, 1.807) is 0 Å². The molecule has 0 saturated heterocycles. The van der Waals surface area contributed by atoms with Crippen molar-refractivity contribution in [1.82, 2.24) is 14.5 Å². The molecule has 0 saturated carbocycles. The molecule has 2 aromatic heterocycles. The zero-order valence-electron chi connectivity index (χ0n) is 10.6. The lowest BCUT2D eigenvalue weighted by Crippen LogP contribution is -2.32. The third-order valence-electron chi connectivity index (χ3n) is 2.49. The molecule has 2 aromatic rings. The molecule has 108 valence electrons. The van der Waals surface area contributed by atoms with Crippen LogP contribution in [0.4, 0.5) is 5.82 Å². The smallest absolute Gasteiger partial charge is 0.335 e. The Bertz CT molecular complexity index is 808. The molecule has 0 radical (unpaired) electrons. The second-order valence-corrected chi connectivity index (χ2v) is 4.02. The van der Waals surface area contributed by atoms with Crippen molar-refractivity contribution in [1.29, 1.82) is 0 Å². The van der Waals surface area contributed by atoms with E-state index in [9.17, 15) is 19.2 Å². The molecule has 2 rings (SSSR count). The average Bonchev–Trinajstić information content (AvgIpc) is 2.42. The number of aromatic carboxylic acids is 1. The van der Waals surface area contributed by atoms with Crippen LogP contribution >= 0.6 is 0 Å². The lowest BCUT2D eigenvalue weighted by Gasteiger charge is -2.06. The molecule has 0 fully saturated rings. The van der Waals surface area contributed by atoms with Gasteiger partial charge in [0.15, 0.2) is 0 Å². The zero-order valence-corrected chi connectivity index (χ0v) is 10.6. The second-order valence-electron chi connectivity index (χ2n) is 4.02. The van der Waals surface area contributed by atoms with E-state index in [-0.39, 0.29) is 17.9 Å². The molecule has 2 heterocycles. The van der Waals surface area contributed by atoms with Gasteiger partial charge in [0, 0.05) is 18.5 Å². The summed E-state index contributed by atoms with van der Waals surface area (Å²) < 4.78 is 0.998. The first-order valence-corrected chi connectivity index (χ1v) is 5.74. The van der Waals surface area contributed by atoms with E-state index in [0.717, 1.165) is 10.6 Å².